The zero-order chi connectivity index (χ0) is 21.1. The molecule has 0 unspecified atom stereocenters. The van der Waals surface area contributed by atoms with Crippen molar-refractivity contribution in [3.05, 3.63) is 70.5 Å². The molecule has 0 spiro atoms. The number of aryl methyl sites for hydroxylation is 1. The van der Waals surface area contributed by atoms with Crippen LogP contribution in [0.25, 0.3) is 0 Å². The molecule has 1 N–H and O–H groups in total. The summed E-state index contributed by atoms with van der Waals surface area (Å²) in [7, 11) is 1.68. The number of rotatable bonds is 6. The molecule has 4 rings (SSSR count). The molecular weight excluding hydrogens is 396 g/mol. The molecule has 0 saturated carbocycles. The monoisotopic (exact) mass is 424 g/mol. The number of benzene rings is 1. The van der Waals surface area contributed by atoms with Crippen LogP contribution in [0.5, 0.6) is 5.75 Å². The Bertz CT molecular complexity index is 971. The summed E-state index contributed by atoms with van der Waals surface area (Å²) in [5.41, 5.74) is 2.34. The van der Waals surface area contributed by atoms with Gasteiger partial charge in [-0.1, -0.05) is 19.1 Å². The number of likely N-dealkylation sites (tertiary alicyclic amines) is 1. The van der Waals surface area contributed by atoms with Gasteiger partial charge in [0.25, 0.3) is 5.91 Å². The highest BCUT2D eigenvalue weighted by molar-refractivity contribution is 7.16. The third-order valence-electron chi connectivity index (χ3n) is 5.77. The number of nitrogens with one attached hydrogen (secondary N) is 1. The standard InChI is InChI=1S/C24H28N2O3S/c1-16-10-12-26(13-11-16)22(18-6-8-19(28-3)9-7-18)20-15-17(2)30-24(20)25-23(27)21-5-4-14-29-21/h4-9,14-16,22H,10-13H2,1-3H3,(H,25,27)/t22-/m1/s1. The molecule has 1 aromatic carbocycles. The number of amides is 1. The summed E-state index contributed by atoms with van der Waals surface area (Å²) in [6, 6.07) is 14.0. The largest absolute Gasteiger partial charge is 0.497 e. The van der Waals surface area contributed by atoms with Gasteiger partial charge in [-0.05, 0) is 74.7 Å². The zero-order valence-electron chi connectivity index (χ0n) is 17.7. The van der Waals surface area contributed by atoms with Crippen LogP contribution >= 0.6 is 11.3 Å². The number of carbonyl (C=O) groups is 1. The van der Waals surface area contributed by atoms with Crippen molar-refractivity contribution in [1.82, 2.24) is 4.90 Å². The minimum absolute atomic E-state index is 0.0836. The normalized spacial score (nSPS) is 16.4. The van der Waals surface area contributed by atoms with Crippen LogP contribution in [0.4, 0.5) is 5.00 Å². The molecular formula is C24H28N2O3S. The Morgan fingerprint density at radius 3 is 2.60 bits per heavy atom. The van der Waals surface area contributed by atoms with Gasteiger partial charge in [0.15, 0.2) is 5.76 Å². The average molecular weight is 425 g/mol. The lowest BCUT2D eigenvalue weighted by Crippen LogP contribution is -2.37. The average Bonchev–Trinajstić information content (AvgIpc) is 3.41. The van der Waals surface area contributed by atoms with Crippen molar-refractivity contribution in [2.24, 2.45) is 5.92 Å². The molecule has 158 valence electrons. The minimum atomic E-state index is -0.219. The molecule has 1 aliphatic heterocycles. The Morgan fingerprint density at radius 1 is 1.23 bits per heavy atom. The van der Waals surface area contributed by atoms with E-state index in [-0.39, 0.29) is 11.9 Å². The van der Waals surface area contributed by atoms with E-state index in [9.17, 15) is 4.79 Å². The third-order valence-corrected chi connectivity index (χ3v) is 6.75. The van der Waals surface area contributed by atoms with E-state index >= 15 is 0 Å². The van der Waals surface area contributed by atoms with Crippen molar-refractivity contribution in [3.8, 4) is 5.75 Å². The highest BCUT2D eigenvalue weighted by Gasteiger charge is 2.29. The maximum Gasteiger partial charge on any atom is 0.291 e. The van der Waals surface area contributed by atoms with Crippen molar-refractivity contribution < 1.29 is 13.9 Å². The van der Waals surface area contributed by atoms with Gasteiger partial charge in [0, 0.05) is 10.4 Å². The predicted molar refractivity (Wildman–Crippen MR) is 121 cm³/mol. The van der Waals surface area contributed by atoms with Gasteiger partial charge in [-0.15, -0.1) is 11.3 Å². The molecule has 3 heterocycles. The first-order chi connectivity index (χ1) is 14.5. The fourth-order valence-corrected chi connectivity index (χ4v) is 5.01. The van der Waals surface area contributed by atoms with Crippen LogP contribution < -0.4 is 10.1 Å². The van der Waals surface area contributed by atoms with E-state index in [4.69, 9.17) is 9.15 Å². The van der Waals surface area contributed by atoms with E-state index in [0.29, 0.717) is 5.76 Å². The lowest BCUT2D eigenvalue weighted by Gasteiger charge is -2.37. The molecule has 0 aliphatic carbocycles. The molecule has 1 atom stereocenters. The SMILES string of the molecule is COc1ccc([C@H](c2cc(C)sc2NC(=O)c2ccco2)N2CCC(C)CC2)cc1. The molecule has 1 aliphatic rings. The zero-order valence-corrected chi connectivity index (χ0v) is 18.5. The maximum absolute atomic E-state index is 12.7. The van der Waals surface area contributed by atoms with Gasteiger partial charge in [-0.3, -0.25) is 9.69 Å². The molecule has 6 heteroatoms. The van der Waals surface area contributed by atoms with Gasteiger partial charge in [-0.25, -0.2) is 0 Å². The first kappa shape index (κ1) is 20.7. The van der Waals surface area contributed by atoms with Crippen molar-refractivity contribution in [3.63, 3.8) is 0 Å². The fraction of sp³-hybridized carbons (Fsp3) is 0.375. The number of nitrogens with zero attached hydrogens (tertiary/aromatic N) is 1. The Morgan fingerprint density at radius 2 is 1.97 bits per heavy atom. The molecule has 1 fully saturated rings. The Hall–Kier alpha value is -2.57. The smallest absolute Gasteiger partial charge is 0.291 e. The first-order valence-electron chi connectivity index (χ1n) is 10.4. The maximum atomic E-state index is 12.7. The highest BCUT2D eigenvalue weighted by Crippen LogP contribution is 2.41. The number of piperidine rings is 1. The quantitative estimate of drug-likeness (QED) is 0.549. The van der Waals surface area contributed by atoms with Gasteiger partial charge in [0.2, 0.25) is 0 Å². The van der Waals surface area contributed by atoms with Crippen LogP contribution in [0.3, 0.4) is 0 Å². The lowest BCUT2D eigenvalue weighted by atomic mass is 9.92. The number of anilines is 1. The van der Waals surface area contributed by atoms with Gasteiger partial charge in [-0.2, -0.15) is 0 Å². The molecule has 2 aromatic heterocycles. The van der Waals surface area contributed by atoms with Gasteiger partial charge in [0.1, 0.15) is 10.8 Å². The van der Waals surface area contributed by atoms with Crippen LogP contribution in [0.1, 0.15) is 52.4 Å². The van der Waals surface area contributed by atoms with Crippen LogP contribution in [0.2, 0.25) is 0 Å². The second-order valence-corrected chi connectivity index (χ2v) is 9.22. The first-order valence-corrected chi connectivity index (χ1v) is 11.2. The van der Waals surface area contributed by atoms with Gasteiger partial charge < -0.3 is 14.5 Å². The lowest BCUT2D eigenvalue weighted by molar-refractivity contribution is 0.0996. The second-order valence-electron chi connectivity index (χ2n) is 7.97. The van der Waals surface area contributed by atoms with E-state index < -0.39 is 0 Å². The van der Waals surface area contributed by atoms with E-state index in [0.717, 1.165) is 35.3 Å². The van der Waals surface area contributed by atoms with Gasteiger partial charge in [0.05, 0.1) is 19.4 Å². The van der Waals surface area contributed by atoms with Crippen molar-refractivity contribution in [2.75, 3.05) is 25.5 Å². The molecule has 0 radical (unpaired) electrons. The molecule has 30 heavy (non-hydrogen) atoms. The molecule has 0 bridgehead atoms. The number of ether oxygens (including phenoxy) is 1. The third kappa shape index (κ3) is 4.45. The minimum Gasteiger partial charge on any atom is -0.497 e. The molecule has 1 saturated heterocycles. The summed E-state index contributed by atoms with van der Waals surface area (Å²) in [6.07, 6.45) is 3.89. The fourth-order valence-electron chi connectivity index (χ4n) is 4.07. The molecule has 5 nitrogen and oxygen atoms in total. The predicted octanol–water partition coefficient (Wildman–Crippen LogP) is 5.73. The summed E-state index contributed by atoms with van der Waals surface area (Å²) in [4.78, 5) is 16.4. The molecule has 1 amide bonds. The van der Waals surface area contributed by atoms with E-state index in [1.807, 2.05) is 12.1 Å². The van der Waals surface area contributed by atoms with Crippen LogP contribution in [0.15, 0.2) is 53.1 Å². The van der Waals surface area contributed by atoms with Crippen molar-refractivity contribution in [2.45, 2.75) is 32.7 Å². The van der Waals surface area contributed by atoms with E-state index in [1.165, 1.54) is 29.5 Å². The number of hydrogen-bond donors (Lipinski definition) is 1. The summed E-state index contributed by atoms with van der Waals surface area (Å²) in [6.45, 7) is 6.49. The Balaban J connectivity index is 1.70. The summed E-state index contributed by atoms with van der Waals surface area (Å²) in [5, 5.41) is 3.97. The topological polar surface area (TPSA) is 54.7 Å². The highest BCUT2D eigenvalue weighted by atomic mass is 32.1. The molecule has 3 aromatic rings. The van der Waals surface area contributed by atoms with E-state index in [1.54, 1.807) is 30.6 Å². The number of furan rings is 1. The summed E-state index contributed by atoms with van der Waals surface area (Å²) in [5.74, 6) is 1.70. The number of hydrogen-bond acceptors (Lipinski definition) is 5. The number of carbonyl (C=O) groups excluding carboxylic acids is 1. The van der Waals surface area contributed by atoms with Gasteiger partial charge >= 0.3 is 0 Å². The van der Waals surface area contributed by atoms with Crippen LogP contribution in [-0.2, 0) is 0 Å². The summed E-state index contributed by atoms with van der Waals surface area (Å²) >= 11 is 1.61. The Kier molecular flexibility index (Phi) is 6.25. The summed E-state index contributed by atoms with van der Waals surface area (Å²) < 4.78 is 10.6. The van der Waals surface area contributed by atoms with Crippen molar-refractivity contribution >= 4 is 22.2 Å². The number of methoxy groups -OCH3 is 1. The van der Waals surface area contributed by atoms with Crippen molar-refractivity contribution in [1.29, 1.82) is 0 Å². The van der Waals surface area contributed by atoms with E-state index in [2.05, 4.69) is 42.3 Å². The Labute approximate surface area is 181 Å². The van der Waals surface area contributed by atoms with Crippen LogP contribution in [-0.4, -0.2) is 31.0 Å². The van der Waals surface area contributed by atoms with Crippen LogP contribution in [0, 0.1) is 12.8 Å². The number of thiophene rings is 1. The second kappa shape index (κ2) is 9.06.